The van der Waals surface area contributed by atoms with Crippen LogP contribution in [0.3, 0.4) is 0 Å². The van der Waals surface area contributed by atoms with Crippen LogP contribution >= 0.6 is 0 Å². The summed E-state index contributed by atoms with van der Waals surface area (Å²) in [4.78, 5) is 36.8. The van der Waals surface area contributed by atoms with Gasteiger partial charge in [-0.25, -0.2) is 9.59 Å². The van der Waals surface area contributed by atoms with E-state index in [4.69, 9.17) is 15.2 Å². The lowest BCUT2D eigenvalue weighted by atomic mass is 10.1. The van der Waals surface area contributed by atoms with Gasteiger partial charge >= 0.3 is 11.9 Å². The highest BCUT2D eigenvalue weighted by Gasteiger charge is 2.34. The Morgan fingerprint density at radius 2 is 1.96 bits per heavy atom. The Kier molecular flexibility index (Phi) is 6.13. The molecule has 0 saturated carbocycles. The smallest absolute Gasteiger partial charge is 0.374 e. The maximum absolute atomic E-state index is 11.9. The van der Waals surface area contributed by atoms with E-state index in [-0.39, 0.29) is 24.8 Å². The number of likely N-dealkylation sites (tertiary alicyclic amines) is 1. The van der Waals surface area contributed by atoms with Crippen LogP contribution in [0.15, 0.2) is 41.7 Å². The van der Waals surface area contributed by atoms with Gasteiger partial charge in [-0.15, -0.1) is 0 Å². The number of benzene rings is 1. The highest BCUT2D eigenvalue weighted by molar-refractivity contribution is 5.91. The monoisotopic (exact) mass is 348 g/mol. The third-order valence-electron chi connectivity index (χ3n) is 3.55. The van der Waals surface area contributed by atoms with Crippen LogP contribution < -0.4 is 10.5 Å². The fraction of sp³-hybridized carbons (Fsp3) is 0.353. The third-order valence-corrected chi connectivity index (χ3v) is 3.55. The van der Waals surface area contributed by atoms with Crippen molar-refractivity contribution in [3.63, 3.8) is 0 Å². The number of nitrogens with zero attached hydrogens (tertiary/aromatic N) is 1. The number of rotatable bonds is 7. The lowest BCUT2D eigenvalue weighted by molar-refractivity contribution is -0.151. The standard InChI is InChI=1S/C17H20N2O6/c1-11(8-19-9-13(18)16(19)21)15(17(22)23-2)25-14(20)10-24-12-6-4-3-5-7-12/h3-7,13H,8-10,18H2,1-2H3/t13-/m0/s1. The summed E-state index contributed by atoms with van der Waals surface area (Å²) in [7, 11) is 1.18. The summed E-state index contributed by atoms with van der Waals surface area (Å²) in [6, 6.07) is 8.20. The molecule has 134 valence electrons. The Morgan fingerprint density at radius 3 is 2.52 bits per heavy atom. The molecule has 0 bridgehead atoms. The van der Waals surface area contributed by atoms with E-state index in [1.165, 1.54) is 12.0 Å². The van der Waals surface area contributed by atoms with E-state index in [9.17, 15) is 14.4 Å². The molecule has 1 aromatic rings. The zero-order chi connectivity index (χ0) is 18.4. The normalized spacial score (nSPS) is 17.3. The van der Waals surface area contributed by atoms with Crippen molar-refractivity contribution in [2.24, 2.45) is 5.73 Å². The van der Waals surface area contributed by atoms with Crippen molar-refractivity contribution in [2.45, 2.75) is 13.0 Å². The number of β-lactam (4-membered cyclic amide) rings is 1. The van der Waals surface area contributed by atoms with Gasteiger partial charge < -0.3 is 24.8 Å². The van der Waals surface area contributed by atoms with Crippen LogP contribution in [0.5, 0.6) is 5.75 Å². The molecule has 2 rings (SSSR count). The SMILES string of the molecule is COC(=O)C(OC(=O)COc1ccccc1)=C(C)CN1C[C@H](N)C1=O. The fourth-order valence-electron chi connectivity index (χ4n) is 2.23. The van der Waals surface area contributed by atoms with E-state index in [1.54, 1.807) is 31.2 Å². The molecule has 1 aliphatic rings. The average molecular weight is 348 g/mol. The maximum atomic E-state index is 11.9. The number of carbonyl (C=O) groups is 3. The van der Waals surface area contributed by atoms with Crippen molar-refractivity contribution in [1.82, 2.24) is 4.90 Å². The molecular weight excluding hydrogens is 328 g/mol. The molecule has 1 atom stereocenters. The molecule has 1 saturated heterocycles. The Bertz CT molecular complexity index is 686. The van der Waals surface area contributed by atoms with Crippen molar-refractivity contribution < 1.29 is 28.6 Å². The largest absolute Gasteiger partial charge is 0.482 e. The van der Waals surface area contributed by atoms with E-state index in [2.05, 4.69) is 4.74 Å². The van der Waals surface area contributed by atoms with Crippen LogP contribution in [0.25, 0.3) is 0 Å². The summed E-state index contributed by atoms with van der Waals surface area (Å²) < 4.78 is 15.0. The first kappa shape index (κ1) is 18.5. The molecule has 1 aromatic carbocycles. The summed E-state index contributed by atoms with van der Waals surface area (Å²) in [6.45, 7) is 1.72. The number of nitrogens with two attached hydrogens (primary N) is 1. The van der Waals surface area contributed by atoms with Gasteiger partial charge in [-0.05, 0) is 24.6 Å². The molecule has 8 heteroatoms. The molecule has 8 nitrogen and oxygen atoms in total. The summed E-state index contributed by atoms with van der Waals surface area (Å²) in [5, 5.41) is 0. The Labute approximate surface area is 145 Å². The first-order valence-corrected chi connectivity index (χ1v) is 7.63. The van der Waals surface area contributed by atoms with Gasteiger partial charge in [-0.1, -0.05) is 18.2 Å². The zero-order valence-electron chi connectivity index (χ0n) is 14.1. The number of para-hydroxylation sites is 1. The van der Waals surface area contributed by atoms with Gasteiger partial charge in [-0.2, -0.15) is 0 Å². The highest BCUT2D eigenvalue weighted by Crippen LogP contribution is 2.16. The second-order valence-electron chi connectivity index (χ2n) is 5.50. The second-order valence-corrected chi connectivity index (χ2v) is 5.50. The Morgan fingerprint density at radius 1 is 1.28 bits per heavy atom. The summed E-state index contributed by atoms with van der Waals surface area (Å²) in [6.07, 6.45) is 0. The average Bonchev–Trinajstić information content (AvgIpc) is 2.63. The number of hydrogen-bond donors (Lipinski definition) is 1. The van der Waals surface area contributed by atoms with E-state index < -0.39 is 18.0 Å². The highest BCUT2D eigenvalue weighted by atomic mass is 16.6. The topological polar surface area (TPSA) is 108 Å². The van der Waals surface area contributed by atoms with Crippen LogP contribution in [0.1, 0.15) is 6.92 Å². The lowest BCUT2D eigenvalue weighted by Gasteiger charge is -2.36. The van der Waals surface area contributed by atoms with Crippen molar-refractivity contribution >= 4 is 17.8 Å². The molecule has 1 aliphatic heterocycles. The van der Waals surface area contributed by atoms with Gasteiger partial charge in [0.25, 0.3) is 0 Å². The predicted octanol–water partition coefficient (Wildman–Crippen LogP) is 0.225. The van der Waals surface area contributed by atoms with E-state index in [0.29, 0.717) is 17.9 Å². The molecule has 25 heavy (non-hydrogen) atoms. The van der Waals surface area contributed by atoms with Crippen LogP contribution in [0.4, 0.5) is 0 Å². The van der Waals surface area contributed by atoms with Gasteiger partial charge in [0.2, 0.25) is 11.7 Å². The molecule has 2 N–H and O–H groups in total. The van der Waals surface area contributed by atoms with Gasteiger partial charge in [0.15, 0.2) is 6.61 Å². The van der Waals surface area contributed by atoms with E-state index in [0.717, 1.165) is 0 Å². The van der Waals surface area contributed by atoms with Crippen molar-refractivity contribution in [3.8, 4) is 5.75 Å². The molecular formula is C17H20N2O6. The van der Waals surface area contributed by atoms with Crippen LogP contribution in [-0.4, -0.2) is 55.6 Å². The maximum Gasteiger partial charge on any atom is 0.374 e. The number of carbonyl (C=O) groups excluding carboxylic acids is 3. The molecule has 1 amide bonds. The van der Waals surface area contributed by atoms with Gasteiger partial charge in [-0.3, -0.25) is 4.79 Å². The minimum Gasteiger partial charge on any atom is -0.482 e. The van der Waals surface area contributed by atoms with Gasteiger partial charge in [0.1, 0.15) is 11.8 Å². The summed E-state index contributed by atoms with van der Waals surface area (Å²) in [5.74, 6) is -1.53. The molecule has 0 aliphatic carbocycles. The summed E-state index contributed by atoms with van der Waals surface area (Å²) >= 11 is 0. The van der Waals surface area contributed by atoms with Crippen LogP contribution in [-0.2, 0) is 23.9 Å². The minimum absolute atomic E-state index is 0.129. The molecule has 0 aromatic heterocycles. The molecule has 1 fully saturated rings. The first-order chi connectivity index (χ1) is 11.9. The van der Waals surface area contributed by atoms with Crippen molar-refractivity contribution in [2.75, 3.05) is 26.8 Å². The van der Waals surface area contributed by atoms with Crippen molar-refractivity contribution in [3.05, 3.63) is 41.7 Å². The minimum atomic E-state index is -0.803. The third kappa shape index (κ3) is 4.80. The quantitative estimate of drug-likeness (QED) is 0.325. The Balaban J connectivity index is 1.99. The van der Waals surface area contributed by atoms with E-state index >= 15 is 0 Å². The molecule has 0 unspecified atom stereocenters. The van der Waals surface area contributed by atoms with Crippen LogP contribution in [0, 0.1) is 0 Å². The molecule has 1 heterocycles. The number of ether oxygens (including phenoxy) is 3. The number of esters is 2. The Hall–Kier alpha value is -2.87. The molecule has 0 radical (unpaired) electrons. The second kappa shape index (κ2) is 8.29. The lowest BCUT2D eigenvalue weighted by Crippen LogP contribution is -2.61. The fourth-order valence-corrected chi connectivity index (χ4v) is 2.23. The first-order valence-electron chi connectivity index (χ1n) is 7.63. The predicted molar refractivity (Wildman–Crippen MR) is 87.3 cm³/mol. The summed E-state index contributed by atoms with van der Waals surface area (Å²) in [5.41, 5.74) is 5.91. The zero-order valence-corrected chi connectivity index (χ0v) is 14.1. The van der Waals surface area contributed by atoms with E-state index in [1.807, 2.05) is 6.07 Å². The van der Waals surface area contributed by atoms with Gasteiger partial charge in [0.05, 0.1) is 7.11 Å². The van der Waals surface area contributed by atoms with Crippen molar-refractivity contribution in [1.29, 1.82) is 0 Å². The number of amides is 1. The van der Waals surface area contributed by atoms with Gasteiger partial charge in [0, 0.05) is 13.1 Å². The number of hydrogen-bond acceptors (Lipinski definition) is 7. The molecule has 0 spiro atoms. The van der Waals surface area contributed by atoms with Crippen LogP contribution in [0.2, 0.25) is 0 Å². The number of methoxy groups -OCH3 is 1.